The van der Waals surface area contributed by atoms with Gasteiger partial charge in [-0.3, -0.25) is 0 Å². The monoisotopic (exact) mass is 233 g/mol. The molecule has 0 spiro atoms. The lowest BCUT2D eigenvalue weighted by atomic mass is 10.1. The highest BCUT2D eigenvalue weighted by atomic mass is 16.5. The summed E-state index contributed by atoms with van der Waals surface area (Å²) in [6.07, 6.45) is 0.838. The van der Waals surface area contributed by atoms with E-state index in [2.05, 4.69) is 0 Å². The molecule has 0 aliphatic carbocycles. The third-order valence-corrected chi connectivity index (χ3v) is 2.09. The second-order valence-corrected chi connectivity index (χ2v) is 3.07. The van der Waals surface area contributed by atoms with Gasteiger partial charge in [0, 0.05) is 17.7 Å². The molecule has 1 aromatic rings. The number of rotatable bonds is 4. The van der Waals surface area contributed by atoms with Crippen molar-refractivity contribution in [3.63, 3.8) is 0 Å². The Kier molecular flexibility index (Phi) is 4.12. The summed E-state index contributed by atoms with van der Waals surface area (Å²) in [4.78, 5) is 10.6. The molecule has 0 aliphatic heterocycles. The van der Waals surface area contributed by atoms with Gasteiger partial charge in [-0.05, 0) is 12.1 Å². The Morgan fingerprint density at radius 3 is 2.59 bits per heavy atom. The molecule has 17 heavy (non-hydrogen) atoms. The summed E-state index contributed by atoms with van der Waals surface area (Å²) >= 11 is 0. The van der Waals surface area contributed by atoms with Crippen LogP contribution >= 0.6 is 0 Å². The third-order valence-electron chi connectivity index (χ3n) is 2.09. The van der Waals surface area contributed by atoms with Crippen LogP contribution in [0.2, 0.25) is 0 Å². The Balaban J connectivity index is 3.30. The van der Waals surface area contributed by atoms with Gasteiger partial charge in [-0.15, -0.1) is 0 Å². The van der Waals surface area contributed by atoms with Crippen molar-refractivity contribution >= 4 is 11.5 Å². The molecule has 0 heterocycles. The van der Waals surface area contributed by atoms with Gasteiger partial charge in [0.05, 0.1) is 19.8 Å². The number of methoxy groups -OCH3 is 2. The van der Waals surface area contributed by atoms with Crippen molar-refractivity contribution < 1.29 is 19.4 Å². The van der Waals surface area contributed by atoms with Crippen molar-refractivity contribution in [1.29, 1.82) is 5.26 Å². The van der Waals surface area contributed by atoms with Crippen molar-refractivity contribution in [2.24, 2.45) is 0 Å². The summed E-state index contributed by atoms with van der Waals surface area (Å²) in [5.41, 5.74) is 0.440. The molecule has 0 aliphatic rings. The van der Waals surface area contributed by atoms with E-state index in [1.165, 1.54) is 14.2 Å². The van der Waals surface area contributed by atoms with Crippen LogP contribution in [0.15, 0.2) is 24.3 Å². The van der Waals surface area contributed by atoms with Gasteiger partial charge in [0.15, 0.2) is 0 Å². The average Bonchev–Trinajstić information content (AvgIpc) is 2.35. The number of carboxylic acid groups (broad SMARTS) is 1. The molecule has 1 N–H and O–H groups in total. The summed E-state index contributed by atoms with van der Waals surface area (Å²) in [5.74, 6) is -0.226. The zero-order valence-corrected chi connectivity index (χ0v) is 9.43. The highest BCUT2D eigenvalue weighted by Crippen LogP contribution is 2.29. The van der Waals surface area contributed by atoms with Crippen LogP contribution in [-0.4, -0.2) is 25.3 Å². The number of carboxylic acids is 1. The van der Waals surface area contributed by atoms with Gasteiger partial charge in [0.1, 0.15) is 17.6 Å². The first-order chi connectivity index (χ1) is 8.12. The molecule has 0 unspecified atom stereocenters. The second kappa shape index (κ2) is 5.56. The van der Waals surface area contributed by atoms with Crippen molar-refractivity contribution in [2.45, 2.75) is 0 Å². The first kappa shape index (κ1) is 12.6. The fraction of sp³-hybridized carbons (Fsp3) is 0.167. The lowest BCUT2D eigenvalue weighted by Gasteiger charge is -2.08. The van der Waals surface area contributed by atoms with Crippen LogP contribution in [-0.2, 0) is 4.79 Å². The number of nitriles is 1. The van der Waals surface area contributed by atoms with E-state index < -0.39 is 5.97 Å². The minimum atomic E-state index is -1.18. The topological polar surface area (TPSA) is 79.5 Å². The number of hydrogen-bond acceptors (Lipinski definition) is 4. The molecule has 5 nitrogen and oxygen atoms in total. The lowest BCUT2D eigenvalue weighted by Crippen LogP contribution is -1.95. The van der Waals surface area contributed by atoms with Crippen LogP contribution in [0.5, 0.6) is 11.5 Å². The number of nitrogens with zero attached hydrogens (tertiary/aromatic N) is 1. The molecular formula is C12H11NO4. The molecule has 0 radical (unpaired) electrons. The van der Waals surface area contributed by atoms with Crippen LogP contribution in [0.1, 0.15) is 5.56 Å². The normalized spacial score (nSPS) is 10.5. The summed E-state index contributed by atoms with van der Waals surface area (Å²) in [6.45, 7) is 0. The van der Waals surface area contributed by atoms with Crippen molar-refractivity contribution in [2.75, 3.05) is 14.2 Å². The van der Waals surface area contributed by atoms with Gasteiger partial charge in [-0.25, -0.2) is 4.79 Å². The highest BCUT2D eigenvalue weighted by Gasteiger charge is 2.11. The van der Waals surface area contributed by atoms with Crippen LogP contribution in [0.4, 0.5) is 0 Å². The zero-order valence-electron chi connectivity index (χ0n) is 9.43. The summed E-state index contributed by atoms with van der Waals surface area (Å²) in [6, 6.07) is 6.62. The van der Waals surface area contributed by atoms with E-state index in [1.807, 2.05) is 6.07 Å². The van der Waals surface area contributed by atoms with Gasteiger partial charge < -0.3 is 14.6 Å². The van der Waals surface area contributed by atoms with Crippen LogP contribution < -0.4 is 9.47 Å². The molecule has 0 saturated carbocycles. The predicted molar refractivity (Wildman–Crippen MR) is 60.8 cm³/mol. The van der Waals surface area contributed by atoms with Crippen LogP contribution in [0.25, 0.3) is 5.57 Å². The molecule has 1 rings (SSSR count). The maximum Gasteiger partial charge on any atom is 0.329 e. The number of aliphatic carboxylic acids is 1. The van der Waals surface area contributed by atoms with Crippen molar-refractivity contribution in [1.82, 2.24) is 0 Å². The Morgan fingerprint density at radius 2 is 2.12 bits per heavy atom. The average molecular weight is 233 g/mol. The zero-order chi connectivity index (χ0) is 12.8. The molecule has 0 bridgehead atoms. The smallest absolute Gasteiger partial charge is 0.329 e. The summed E-state index contributed by atoms with van der Waals surface area (Å²) < 4.78 is 10.1. The van der Waals surface area contributed by atoms with E-state index in [-0.39, 0.29) is 5.57 Å². The van der Waals surface area contributed by atoms with Crippen molar-refractivity contribution in [3.05, 3.63) is 29.8 Å². The Labute approximate surface area is 98.5 Å². The van der Waals surface area contributed by atoms with E-state index in [1.54, 1.807) is 18.2 Å². The fourth-order valence-corrected chi connectivity index (χ4v) is 1.31. The molecule has 1 aromatic carbocycles. The predicted octanol–water partition coefficient (Wildman–Crippen LogP) is 1.70. The minimum Gasteiger partial charge on any atom is -0.497 e. The number of allylic oxidation sites excluding steroid dienone is 1. The molecular weight excluding hydrogens is 222 g/mol. The standard InChI is InChI=1S/C12H11NO4/c1-16-9-3-4-10(11(6-9)17-2)8(7-13)5-12(14)15/h3-6H,1-2H3,(H,14,15). The first-order valence-electron chi connectivity index (χ1n) is 4.69. The first-order valence-corrected chi connectivity index (χ1v) is 4.69. The van der Waals surface area contributed by atoms with Gasteiger partial charge in [-0.2, -0.15) is 5.26 Å². The molecule has 5 heteroatoms. The largest absolute Gasteiger partial charge is 0.497 e. The molecule has 0 atom stereocenters. The van der Waals surface area contributed by atoms with Crippen LogP contribution in [0.3, 0.4) is 0 Å². The van der Waals surface area contributed by atoms with Gasteiger partial charge in [0.25, 0.3) is 0 Å². The third kappa shape index (κ3) is 2.98. The second-order valence-electron chi connectivity index (χ2n) is 3.07. The number of carbonyl (C=O) groups is 1. The lowest BCUT2D eigenvalue weighted by molar-refractivity contribution is -0.131. The Morgan fingerprint density at radius 1 is 1.41 bits per heavy atom. The number of hydrogen-bond donors (Lipinski definition) is 1. The summed E-state index contributed by atoms with van der Waals surface area (Å²) in [7, 11) is 2.95. The number of benzene rings is 1. The molecule has 0 amide bonds. The molecule has 88 valence electrons. The van der Waals surface area contributed by atoms with E-state index in [0.29, 0.717) is 17.1 Å². The Bertz CT molecular complexity index is 500. The Hall–Kier alpha value is -2.48. The summed E-state index contributed by atoms with van der Waals surface area (Å²) in [5, 5.41) is 17.6. The van der Waals surface area contributed by atoms with E-state index in [9.17, 15) is 4.79 Å². The van der Waals surface area contributed by atoms with E-state index in [4.69, 9.17) is 19.8 Å². The number of ether oxygens (including phenoxy) is 2. The SMILES string of the molecule is COc1ccc(C(C#N)=CC(=O)O)c(OC)c1. The van der Waals surface area contributed by atoms with Gasteiger partial charge in [0.2, 0.25) is 0 Å². The van der Waals surface area contributed by atoms with Crippen LogP contribution in [0, 0.1) is 11.3 Å². The quantitative estimate of drug-likeness (QED) is 0.632. The molecule has 0 fully saturated rings. The fourth-order valence-electron chi connectivity index (χ4n) is 1.31. The van der Waals surface area contributed by atoms with Gasteiger partial charge >= 0.3 is 5.97 Å². The van der Waals surface area contributed by atoms with Crippen molar-refractivity contribution in [3.8, 4) is 17.6 Å². The van der Waals surface area contributed by atoms with Gasteiger partial charge in [-0.1, -0.05) is 0 Å². The van der Waals surface area contributed by atoms with E-state index in [0.717, 1.165) is 6.08 Å². The molecule has 0 saturated heterocycles. The maximum absolute atomic E-state index is 10.6. The maximum atomic E-state index is 10.6. The highest BCUT2D eigenvalue weighted by molar-refractivity contribution is 5.95. The van der Waals surface area contributed by atoms with E-state index >= 15 is 0 Å². The molecule has 0 aromatic heterocycles. The minimum absolute atomic E-state index is 0.0250.